The number of para-hydroxylation sites is 1. The Hall–Kier alpha value is -2.07. The van der Waals surface area contributed by atoms with Crippen molar-refractivity contribution in [3.05, 3.63) is 42.1 Å². The van der Waals surface area contributed by atoms with Gasteiger partial charge in [0.1, 0.15) is 11.3 Å². The summed E-state index contributed by atoms with van der Waals surface area (Å²) in [6, 6.07) is 10.8. The van der Waals surface area contributed by atoms with Crippen LogP contribution in [0.5, 0.6) is 0 Å². The maximum absolute atomic E-state index is 5.88. The van der Waals surface area contributed by atoms with E-state index in [4.69, 9.17) is 4.42 Å². The van der Waals surface area contributed by atoms with Crippen LogP contribution in [0.25, 0.3) is 22.4 Å². The fourth-order valence-corrected chi connectivity index (χ4v) is 2.31. The zero-order valence-corrected chi connectivity index (χ0v) is 10.5. The summed E-state index contributed by atoms with van der Waals surface area (Å²) < 4.78 is 5.88. The zero-order chi connectivity index (χ0) is 12.7. The van der Waals surface area contributed by atoms with Crippen LogP contribution in [-0.2, 0) is 6.54 Å². The van der Waals surface area contributed by atoms with Gasteiger partial charge in [0.05, 0.1) is 6.20 Å². The second-order valence-corrected chi connectivity index (χ2v) is 5.07. The van der Waals surface area contributed by atoms with Gasteiger partial charge in [0.15, 0.2) is 5.76 Å². The van der Waals surface area contributed by atoms with Gasteiger partial charge in [-0.3, -0.25) is 5.10 Å². The molecule has 0 unspecified atom stereocenters. The third-order valence-corrected chi connectivity index (χ3v) is 3.55. The molecule has 0 spiro atoms. The van der Waals surface area contributed by atoms with Crippen molar-refractivity contribution in [2.45, 2.75) is 25.4 Å². The fraction of sp³-hybridized carbons (Fsp3) is 0.267. The fourth-order valence-electron chi connectivity index (χ4n) is 2.31. The van der Waals surface area contributed by atoms with Gasteiger partial charge in [-0.2, -0.15) is 5.10 Å². The lowest BCUT2D eigenvalue weighted by Crippen LogP contribution is -2.15. The van der Waals surface area contributed by atoms with Gasteiger partial charge in [-0.05, 0) is 25.0 Å². The van der Waals surface area contributed by atoms with Gasteiger partial charge < -0.3 is 9.73 Å². The molecule has 0 bridgehead atoms. The summed E-state index contributed by atoms with van der Waals surface area (Å²) in [6.45, 7) is 0.841. The van der Waals surface area contributed by atoms with Gasteiger partial charge >= 0.3 is 0 Å². The number of aromatic amines is 1. The largest absolute Gasteiger partial charge is 0.454 e. The summed E-state index contributed by atoms with van der Waals surface area (Å²) in [5.74, 6) is 0.853. The normalized spacial score (nSPS) is 15.2. The number of fused-ring (bicyclic) bond motifs is 1. The average molecular weight is 253 g/mol. The number of hydrogen-bond acceptors (Lipinski definition) is 3. The SMILES string of the molecule is c1ccc2oc(-c3[nH]ncc3CNC3CC3)cc2c1. The number of rotatable bonds is 4. The summed E-state index contributed by atoms with van der Waals surface area (Å²) in [4.78, 5) is 0. The smallest absolute Gasteiger partial charge is 0.153 e. The highest BCUT2D eigenvalue weighted by Crippen LogP contribution is 2.29. The molecule has 3 aromatic rings. The maximum atomic E-state index is 5.88. The number of nitrogens with zero attached hydrogens (tertiary/aromatic N) is 1. The van der Waals surface area contributed by atoms with Crippen molar-refractivity contribution in [3.8, 4) is 11.5 Å². The summed E-state index contributed by atoms with van der Waals surface area (Å²) >= 11 is 0. The van der Waals surface area contributed by atoms with E-state index < -0.39 is 0 Å². The van der Waals surface area contributed by atoms with Crippen LogP contribution in [0, 0.1) is 0 Å². The Bertz CT molecular complexity index is 676. The van der Waals surface area contributed by atoms with Crippen molar-refractivity contribution in [3.63, 3.8) is 0 Å². The number of furan rings is 1. The molecule has 1 aliphatic rings. The lowest BCUT2D eigenvalue weighted by atomic mass is 10.2. The van der Waals surface area contributed by atoms with Crippen molar-refractivity contribution in [2.24, 2.45) is 0 Å². The first-order valence-corrected chi connectivity index (χ1v) is 6.65. The second-order valence-electron chi connectivity index (χ2n) is 5.07. The quantitative estimate of drug-likeness (QED) is 0.751. The molecule has 0 atom stereocenters. The number of nitrogens with one attached hydrogen (secondary N) is 2. The van der Waals surface area contributed by atoms with Crippen LogP contribution in [0.1, 0.15) is 18.4 Å². The van der Waals surface area contributed by atoms with Gasteiger partial charge in [-0.25, -0.2) is 0 Å². The van der Waals surface area contributed by atoms with Gasteiger partial charge in [0, 0.05) is 23.5 Å². The van der Waals surface area contributed by atoms with E-state index in [0.717, 1.165) is 34.5 Å². The molecule has 0 aliphatic heterocycles. The Morgan fingerprint density at radius 1 is 1.32 bits per heavy atom. The van der Waals surface area contributed by atoms with Crippen molar-refractivity contribution in [2.75, 3.05) is 0 Å². The van der Waals surface area contributed by atoms with E-state index in [1.165, 1.54) is 12.8 Å². The molecule has 2 N–H and O–H groups in total. The maximum Gasteiger partial charge on any atom is 0.153 e. The molecule has 1 aromatic carbocycles. The molecule has 1 aliphatic carbocycles. The molecule has 4 nitrogen and oxygen atoms in total. The highest BCUT2D eigenvalue weighted by Gasteiger charge is 2.21. The molecule has 0 radical (unpaired) electrons. The molecule has 2 heterocycles. The van der Waals surface area contributed by atoms with E-state index in [2.05, 4.69) is 27.6 Å². The van der Waals surface area contributed by atoms with Crippen LogP contribution in [0.4, 0.5) is 0 Å². The van der Waals surface area contributed by atoms with E-state index >= 15 is 0 Å². The van der Waals surface area contributed by atoms with Crippen molar-refractivity contribution >= 4 is 11.0 Å². The van der Waals surface area contributed by atoms with Gasteiger partial charge in [0.2, 0.25) is 0 Å². The molecule has 0 amide bonds. The first kappa shape index (κ1) is 10.8. The highest BCUT2D eigenvalue weighted by molar-refractivity contribution is 5.82. The summed E-state index contributed by atoms with van der Waals surface area (Å²) in [5, 5.41) is 11.8. The first-order chi connectivity index (χ1) is 9.40. The Morgan fingerprint density at radius 2 is 2.21 bits per heavy atom. The average Bonchev–Trinajstić information content (AvgIpc) is 3.00. The lowest BCUT2D eigenvalue weighted by molar-refractivity contribution is 0.624. The predicted molar refractivity (Wildman–Crippen MR) is 73.7 cm³/mol. The van der Waals surface area contributed by atoms with Gasteiger partial charge in [-0.1, -0.05) is 18.2 Å². The number of aromatic nitrogens is 2. The Kier molecular flexibility index (Phi) is 2.42. The van der Waals surface area contributed by atoms with Gasteiger partial charge in [-0.15, -0.1) is 0 Å². The second kappa shape index (κ2) is 4.24. The summed E-state index contributed by atoms with van der Waals surface area (Å²) in [5.41, 5.74) is 3.04. The monoisotopic (exact) mass is 253 g/mol. The van der Waals surface area contributed by atoms with Crippen LogP contribution < -0.4 is 5.32 Å². The van der Waals surface area contributed by atoms with Crippen molar-refractivity contribution in [1.29, 1.82) is 0 Å². The van der Waals surface area contributed by atoms with Crippen molar-refractivity contribution < 1.29 is 4.42 Å². The molecule has 4 heteroatoms. The summed E-state index contributed by atoms with van der Waals surface area (Å²) in [7, 11) is 0. The molecule has 2 aromatic heterocycles. The van der Waals surface area contributed by atoms with Crippen LogP contribution in [0.2, 0.25) is 0 Å². The van der Waals surface area contributed by atoms with E-state index in [-0.39, 0.29) is 0 Å². The topological polar surface area (TPSA) is 53.9 Å². The molecule has 1 saturated carbocycles. The van der Waals surface area contributed by atoms with E-state index in [1.807, 2.05) is 24.4 Å². The number of H-pyrrole nitrogens is 1. The molecule has 19 heavy (non-hydrogen) atoms. The Morgan fingerprint density at radius 3 is 3.05 bits per heavy atom. The van der Waals surface area contributed by atoms with Crippen molar-refractivity contribution in [1.82, 2.24) is 15.5 Å². The van der Waals surface area contributed by atoms with E-state index in [9.17, 15) is 0 Å². The van der Waals surface area contributed by atoms with E-state index in [1.54, 1.807) is 0 Å². The standard InChI is InChI=1S/C15H15N3O/c1-2-4-13-10(3-1)7-14(19-13)15-11(9-17-18-15)8-16-12-5-6-12/h1-4,7,9,12,16H,5-6,8H2,(H,17,18). The lowest BCUT2D eigenvalue weighted by Gasteiger charge is -2.01. The molecular weight excluding hydrogens is 238 g/mol. The predicted octanol–water partition coefficient (Wildman–Crippen LogP) is 3.07. The third kappa shape index (κ3) is 2.04. The van der Waals surface area contributed by atoms with Crippen LogP contribution in [-0.4, -0.2) is 16.2 Å². The van der Waals surface area contributed by atoms with Crippen LogP contribution in [0.3, 0.4) is 0 Å². The van der Waals surface area contributed by atoms with E-state index in [0.29, 0.717) is 6.04 Å². The highest BCUT2D eigenvalue weighted by atomic mass is 16.3. The minimum absolute atomic E-state index is 0.693. The molecule has 96 valence electrons. The van der Waals surface area contributed by atoms with Crippen LogP contribution in [0.15, 0.2) is 40.9 Å². The molecule has 0 saturated heterocycles. The zero-order valence-electron chi connectivity index (χ0n) is 10.5. The molecule has 4 rings (SSSR count). The first-order valence-electron chi connectivity index (χ1n) is 6.65. The number of hydrogen-bond donors (Lipinski definition) is 2. The molecule has 1 fully saturated rings. The Balaban J connectivity index is 1.68. The van der Waals surface area contributed by atoms with Gasteiger partial charge in [0.25, 0.3) is 0 Å². The number of benzene rings is 1. The minimum atomic E-state index is 0.693. The third-order valence-electron chi connectivity index (χ3n) is 3.55. The summed E-state index contributed by atoms with van der Waals surface area (Å²) in [6.07, 6.45) is 4.45. The minimum Gasteiger partial charge on any atom is -0.454 e. The molecular formula is C15H15N3O. The van der Waals surface area contributed by atoms with Crippen LogP contribution >= 0.6 is 0 Å². The Labute approximate surface area is 110 Å².